The van der Waals surface area contributed by atoms with Gasteiger partial charge in [-0.3, -0.25) is 14.5 Å². The number of carbonyl (C=O) groups is 3. The van der Waals surface area contributed by atoms with Crippen molar-refractivity contribution in [3.05, 3.63) is 35.9 Å². The van der Waals surface area contributed by atoms with Crippen LogP contribution in [-0.2, 0) is 25.5 Å². The first kappa shape index (κ1) is 23.4. The van der Waals surface area contributed by atoms with Crippen LogP contribution in [0.15, 0.2) is 30.3 Å². The van der Waals surface area contributed by atoms with Gasteiger partial charge in [0.05, 0.1) is 12.6 Å². The number of carbonyl (C=O) groups excluding carboxylic acids is 2. The Morgan fingerprint density at radius 1 is 1.23 bits per heavy atom. The third-order valence-corrected chi connectivity index (χ3v) is 6.84. The molecule has 5 atom stereocenters. The molecule has 0 radical (unpaired) electrons. The van der Waals surface area contributed by atoms with Crippen LogP contribution in [0.3, 0.4) is 0 Å². The third kappa shape index (κ3) is 4.53. The van der Waals surface area contributed by atoms with Crippen LogP contribution in [0.2, 0.25) is 0 Å². The molecule has 1 aliphatic heterocycles. The second-order valence-corrected chi connectivity index (χ2v) is 8.83. The van der Waals surface area contributed by atoms with Crippen molar-refractivity contribution in [2.75, 3.05) is 6.61 Å². The number of rotatable bonds is 9. The van der Waals surface area contributed by atoms with E-state index in [0.717, 1.165) is 31.2 Å². The number of hydrogen-bond acceptors (Lipinski definition) is 6. The summed E-state index contributed by atoms with van der Waals surface area (Å²) in [4.78, 5) is 40.9. The van der Waals surface area contributed by atoms with Gasteiger partial charge >= 0.3 is 11.9 Å². The Bertz CT molecular complexity index is 796. The van der Waals surface area contributed by atoms with Crippen LogP contribution < -0.4 is 5.73 Å². The van der Waals surface area contributed by atoms with Crippen LogP contribution in [0.1, 0.15) is 57.9 Å². The van der Waals surface area contributed by atoms with Crippen molar-refractivity contribution in [2.45, 2.75) is 82.5 Å². The van der Waals surface area contributed by atoms with E-state index in [9.17, 15) is 19.5 Å². The summed E-state index contributed by atoms with van der Waals surface area (Å²) >= 11 is 0. The first-order valence-electron chi connectivity index (χ1n) is 11.3. The monoisotopic (exact) mass is 430 g/mol. The maximum absolute atomic E-state index is 13.3. The summed E-state index contributed by atoms with van der Waals surface area (Å²) in [5.41, 5.74) is 5.20. The quantitative estimate of drug-likeness (QED) is 0.458. The van der Waals surface area contributed by atoms with Crippen molar-refractivity contribution >= 4 is 17.7 Å². The predicted octanol–water partition coefficient (Wildman–Crippen LogP) is 2.56. The van der Waals surface area contributed by atoms with Gasteiger partial charge in [-0.15, -0.1) is 0 Å². The molecule has 1 saturated heterocycles. The molecule has 1 aliphatic carbocycles. The molecule has 3 rings (SSSR count). The molecule has 1 saturated carbocycles. The topological polar surface area (TPSA) is 110 Å². The van der Waals surface area contributed by atoms with E-state index in [-0.39, 0.29) is 25.0 Å². The number of benzene rings is 1. The molecular weight excluding hydrogens is 396 g/mol. The molecule has 0 spiro atoms. The standard InChI is InChI=1S/C24H34N2O5/c1-3-31-22(28)20(14-13-17-9-5-4-6-10-17)26-19-12-8-7-11-18(19)15-24(26,23(29)30)21(27)16(2)25/h4-6,9-10,16,18-20H,3,7-8,11-15,25H2,1-2H3,(H,29,30)/t16-,18-,19-,20-,24-/m0/s1. The summed E-state index contributed by atoms with van der Waals surface area (Å²) < 4.78 is 5.38. The van der Waals surface area contributed by atoms with Gasteiger partial charge in [-0.2, -0.15) is 0 Å². The smallest absolute Gasteiger partial charge is 0.332 e. The van der Waals surface area contributed by atoms with E-state index in [1.54, 1.807) is 11.8 Å². The van der Waals surface area contributed by atoms with E-state index in [2.05, 4.69) is 0 Å². The second kappa shape index (κ2) is 9.92. The molecular formula is C24H34N2O5. The average Bonchev–Trinajstić information content (AvgIpc) is 3.10. The fourth-order valence-corrected chi connectivity index (χ4v) is 5.52. The number of carboxylic acids is 1. The van der Waals surface area contributed by atoms with Crippen LogP contribution in [0.25, 0.3) is 0 Å². The van der Waals surface area contributed by atoms with E-state index >= 15 is 0 Å². The van der Waals surface area contributed by atoms with E-state index in [4.69, 9.17) is 10.5 Å². The van der Waals surface area contributed by atoms with Crippen molar-refractivity contribution < 1.29 is 24.2 Å². The lowest BCUT2D eigenvalue weighted by Crippen LogP contribution is -2.66. The number of fused-ring (bicyclic) bond motifs is 1. The summed E-state index contributed by atoms with van der Waals surface area (Å²) in [5, 5.41) is 10.4. The van der Waals surface area contributed by atoms with Crippen LogP contribution in [0.5, 0.6) is 0 Å². The first-order chi connectivity index (χ1) is 14.8. The lowest BCUT2D eigenvalue weighted by molar-refractivity contribution is -0.165. The maximum Gasteiger partial charge on any atom is 0.332 e. The van der Waals surface area contributed by atoms with Crippen molar-refractivity contribution in [1.82, 2.24) is 4.90 Å². The fraction of sp³-hybridized carbons (Fsp3) is 0.625. The Balaban J connectivity index is 2.04. The lowest BCUT2D eigenvalue weighted by atomic mass is 9.80. The number of aliphatic carboxylic acids is 1. The van der Waals surface area contributed by atoms with Gasteiger partial charge in [0.15, 0.2) is 11.3 Å². The Morgan fingerprint density at radius 3 is 2.52 bits per heavy atom. The van der Waals surface area contributed by atoms with E-state index < -0.39 is 35.3 Å². The Labute approximate surface area is 183 Å². The van der Waals surface area contributed by atoms with Crippen LogP contribution in [-0.4, -0.2) is 58.0 Å². The Kier molecular flexibility index (Phi) is 7.49. The highest BCUT2D eigenvalue weighted by Crippen LogP contribution is 2.48. The second-order valence-electron chi connectivity index (χ2n) is 8.83. The molecule has 7 nitrogen and oxygen atoms in total. The number of carboxylic acid groups (broad SMARTS) is 1. The molecule has 1 aromatic carbocycles. The minimum absolute atomic E-state index is 0.0567. The van der Waals surface area contributed by atoms with Crippen molar-refractivity contribution in [3.8, 4) is 0 Å². The highest BCUT2D eigenvalue weighted by atomic mass is 16.5. The third-order valence-electron chi connectivity index (χ3n) is 6.84. The predicted molar refractivity (Wildman–Crippen MR) is 116 cm³/mol. The summed E-state index contributed by atoms with van der Waals surface area (Å²) in [6.45, 7) is 3.46. The number of nitrogens with zero attached hydrogens (tertiary/aromatic N) is 1. The molecule has 0 unspecified atom stereocenters. The zero-order valence-electron chi connectivity index (χ0n) is 18.5. The molecule has 1 aromatic rings. The number of ketones is 1. The van der Waals surface area contributed by atoms with Gasteiger partial charge in [-0.05, 0) is 57.4 Å². The van der Waals surface area contributed by atoms with Gasteiger partial charge < -0.3 is 15.6 Å². The molecule has 2 fully saturated rings. The highest BCUT2D eigenvalue weighted by molar-refractivity contribution is 6.10. The number of hydrogen-bond donors (Lipinski definition) is 2. The van der Waals surface area contributed by atoms with E-state index in [0.29, 0.717) is 12.8 Å². The van der Waals surface area contributed by atoms with Crippen molar-refractivity contribution in [1.29, 1.82) is 0 Å². The molecule has 0 aromatic heterocycles. The summed E-state index contributed by atoms with van der Waals surface area (Å²) in [6.07, 6.45) is 4.76. The summed E-state index contributed by atoms with van der Waals surface area (Å²) in [6, 6.07) is 7.86. The van der Waals surface area contributed by atoms with Crippen LogP contribution >= 0.6 is 0 Å². The fourth-order valence-electron chi connectivity index (χ4n) is 5.52. The highest BCUT2D eigenvalue weighted by Gasteiger charge is 2.64. The maximum atomic E-state index is 13.3. The van der Waals surface area contributed by atoms with Gasteiger partial charge in [0.25, 0.3) is 0 Å². The Hall–Kier alpha value is -2.25. The molecule has 1 heterocycles. The molecule has 0 amide bonds. The number of ether oxygens (including phenoxy) is 1. The number of esters is 1. The summed E-state index contributed by atoms with van der Waals surface area (Å²) in [7, 11) is 0. The first-order valence-corrected chi connectivity index (χ1v) is 11.3. The molecule has 170 valence electrons. The van der Waals surface area contributed by atoms with Gasteiger partial charge in [0, 0.05) is 6.04 Å². The number of Topliss-reactive ketones (excluding diaryl/α,β-unsaturated/α-hetero) is 1. The zero-order valence-corrected chi connectivity index (χ0v) is 18.5. The number of nitrogens with two attached hydrogens (primary N) is 1. The van der Waals surface area contributed by atoms with Gasteiger partial charge in [-0.25, -0.2) is 4.79 Å². The SMILES string of the molecule is CCOC(=O)[C@H](CCc1ccccc1)N1[C@H]2CCCC[C@H]2C[C@@]1(C(=O)O)C(=O)[C@H](C)N. The molecule has 0 bridgehead atoms. The van der Waals surface area contributed by atoms with E-state index in [1.807, 2.05) is 30.3 Å². The summed E-state index contributed by atoms with van der Waals surface area (Å²) in [5.74, 6) is -2.14. The van der Waals surface area contributed by atoms with Crippen molar-refractivity contribution in [3.63, 3.8) is 0 Å². The van der Waals surface area contributed by atoms with Gasteiger partial charge in [-0.1, -0.05) is 43.2 Å². The molecule has 7 heteroatoms. The van der Waals surface area contributed by atoms with Crippen molar-refractivity contribution in [2.24, 2.45) is 11.7 Å². The van der Waals surface area contributed by atoms with Crippen LogP contribution in [0, 0.1) is 5.92 Å². The lowest BCUT2D eigenvalue weighted by Gasteiger charge is -2.42. The zero-order chi connectivity index (χ0) is 22.6. The minimum Gasteiger partial charge on any atom is -0.480 e. The van der Waals surface area contributed by atoms with E-state index in [1.165, 1.54) is 6.92 Å². The number of likely N-dealkylation sites (tertiary alicyclic amines) is 1. The molecule has 3 N–H and O–H groups in total. The average molecular weight is 431 g/mol. The largest absolute Gasteiger partial charge is 0.480 e. The number of aryl methyl sites for hydroxylation is 1. The Morgan fingerprint density at radius 2 is 1.90 bits per heavy atom. The van der Waals surface area contributed by atoms with Gasteiger partial charge in [0.2, 0.25) is 0 Å². The van der Waals surface area contributed by atoms with Crippen LogP contribution in [0.4, 0.5) is 0 Å². The van der Waals surface area contributed by atoms with Gasteiger partial charge in [0.1, 0.15) is 6.04 Å². The molecule has 31 heavy (non-hydrogen) atoms. The molecule has 2 aliphatic rings. The minimum atomic E-state index is -1.79. The normalized spacial score (nSPS) is 27.8.